The summed E-state index contributed by atoms with van der Waals surface area (Å²) in [5, 5.41) is 8.06. The summed E-state index contributed by atoms with van der Waals surface area (Å²) < 4.78 is 28.3. The fraction of sp³-hybridized carbons (Fsp3) is 0.364. The van der Waals surface area contributed by atoms with Gasteiger partial charge in [-0.25, -0.2) is 4.39 Å². The standard InChI is InChI=1S/C11H11BrF2N2S/c12-8-4-7(11(15)6-2-1-3-6)10(16-17-14)5-9(8)13/h4-6,15-16H,1-3H2. The van der Waals surface area contributed by atoms with Crippen molar-refractivity contribution in [1.29, 1.82) is 5.41 Å². The van der Waals surface area contributed by atoms with E-state index in [0.717, 1.165) is 19.3 Å². The minimum absolute atomic E-state index is 0.0904. The molecule has 0 amide bonds. The van der Waals surface area contributed by atoms with Crippen LogP contribution in [0.5, 0.6) is 0 Å². The molecule has 1 aromatic carbocycles. The van der Waals surface area contributed by atoms with Gasteiger partial charge in [-0.15, -0.1) is 3.89 Å². The van der Waals surface area contributed by atoms with Crippen LogP contribution in [0.4, 0.5) is 14.0 Å². The molecule has 0 aliphatic heterocycles. The van der Waals surface area contributed by atoms with E-state index < -0.39 is 5.82 Å². The molecule has 2 N–H and O–H groups in total. The summed E-state index contributed by atoms with van der Waals surface area (Å²) in [6.45, 7) is 0. The maximum atomic E-state index is 13.4. The van der Waals surface area contributed by atoms with Gasteiger partial charge in [-0.05, 0) is 40.9 Å². The largest absolute Gasteiger partial charge is 0.304 e. The predicted molar refractivity (Wildman–Crippen MR) is 70.6 cm³/mol. The Hall–Kier alpha value is -0.620. The van der Waals surface area contributed by atoms with Crippen LogP contribution in [-0.4, -0.2) is 5.71 Å². The summed E-state index contributed by atoms with van der Waals surface area (Å²) in [6.07, 6.45) is 3.09. The summed E-state index contributed by atoms with van der Waals surface area (Å²) >= 11 is 3.00. The van der Waals surface area contributed by atoms with Crippen LogP contribution in [0, 0.1) is 17.1 Å². The van der Waals surface area contributed by atoms with E-state index in [-0.39, 0.29) is 18.3 Å². The lowest BCUT2D eigenvalue weighted by Crippen LogP contribution is -2.22. The molecule has 6 heteroatoms. The molecular weight excluding hydrogens is 310 g/mol. The number of hydrogen-bond donors (Lipinski definition) is 2. The maximum absolute atomic E-state index is 13.4. The van der Waals surface area contributed by atoms with Crippen molar-refractivity contribution in [1.82, 2.24) is 0 Å². The molecule has 0 bridgehead atoms. The normalized spacial score (nSPS) is 15.5. The number of nitrogens with one attached hydrogen (secondary N) is 2. The molecule has 1 aromatic rings. The second kappa shape index (κ2) is 5.35. The first-order valence-electron chi connectivity index (χ1n) is 5.25. The van der Waals surface area contributed by atoms with Crippen molar-refractivity contribution < 1.29 is 8.28 Å². The van der Waals surface area contributed by atoms with E-state index in [2.05, 4.69) is 20.7 Å². The fourth-order valence-electron chi connectivity index (χ4n) is 1.81. The summed E-state index contributed by atoms with van der Waals surface area (Å²) in [6, 6.07) is 2.74. The van der Waals surface area contributed by atoms with E-state index in [1.54, 1.807) is 0 Å². The number of anilines is 1. The molecule has 2 rings (SSSR count). The van der Waals surface area contributed by atoms with Crippen molar-refractivity contribution in [3.05, 3.63) is 28.0 Å². The van der Waals surface area contributed by atoms with Crippen molar-refractivity contribution in [3.8, 4) is 0 Å². The SMILES string of the molecule is N=C(c1cc(Br)c(F)cc1NSF)C1CCC1. The third-order valence-electron chi connectivity index (χ3n) is 3.01. The van der Waals surface area contributed by atoms with Gasteiger partial charge in [-0.3, -0.25) is 0 Å². The average Bonchev–Trinajstić information content (AvgIpc) is 2.21. The molecule has 0 atom stereocenters. The zero-order chi connectivity index (χ0) is 12.4. The Balaban J connectivity index is 2.35. The molecular formula is C11H11BrF2N2S. The van der Waals surface area contributed by atoms with Crippen molar-refractivity contribution >= 4 is 39.7 Å². The van der Waals surface area contributed by atoms with Gasteiger partial charge in [0.2, 0.25) is 0 Å². The maximum Gasteiger partial charge on any atom is 0.162 e. The number of halogens is 3. The van der Waals surface area contributed by atoms with Gasteiger partial charge in [0.1, 0.15) is 5.82 Å². The first kappa shape index (κ1) is 12.8. The lowest BCUT2D eigenvalue weighted by atomic mass is 9.79. The zero-order valence-electron chi connectivity index (χ0n) is 8.90. The molecule has 0 heterocycles. The molecule has 0 unspecified atom stereocenters. The average molecular weight is 321 g/mol. The van der Waals surface area contributed by atoms with Gasteiger partial charge in [0.15, 0.2) is 12.3 Å². The van der Waals surface area contributed by atoms with Crippen LogP contribution in [0.3, 0.4) is 0 Å². The highest BCUT2D eigenvalue weighted by Gasteiger charge is 2.25. The minimum Gasteiger partial charge on any atom is -0.304 e. The van der Waals surface area contributed by atoms with Gasteiger partial charge < -0.3 is 10.1 Å². The highest BCUT2D eigenvalue weighted by atomic mass is 79.9. The molecule has 0 aromatic heterocycles. The molecule has 92 valence electrons. The zero-order valence-corrected chi connectivity index (χ0v) is 11.3. The Labute approximate surface area is 111 Å². The molecule has 0 saturated heterocycles. The molecule has 1 aliphatic rings. The first-order valence-corrected chi connectivity index (χ1v) is 6.76. The summed E-state index contributed by atoms with van der Waals surface area (Å²) in [7, 11) is 0. The molecule has 1 saturated carbocycles. The van der Waals surface area contributed by atoms with E-state index in [9.17, 15) is 8.28 Å². The van der Waals surface area contributed by atoms with Crippen LogP contribution in [-0.2, 0) is 0 Å². The van der Waals surface area contributed by atoms with Crippen molar-refractivity contribution in [2.75, 3.05) is 4.72 Å². The van der Waals surface area contributed by atoms with Crippen LogP contribution >= 0.6 is 28.3 Å². The Kier molecular flexibility index (Phi) is 4.04. The van der Waals surface area contributed by atoms with Gasteiger partial charge in [0.25, 0.3) is 0 Å². The van der Waals surface area contributed by atoms with Crippen LogP contribution in [0.15, 0.2) is 16.6 Å². The van der Waals surface area contributed by atoms with Crippen molar-refractivity contribution in [2.24, 2.45) is 5.92 Å². The van der Waals surface area contributed by atoms with Crippen LogP contribution < -0.4 is 4.72 Å². The quantitative estimate of drug-likeness (QED) is 0.623. The lowest BCUT2D eigenvalue weighted by molar-refractivity contribution is 0.412. The van der Waals surface area contributed by atoms with Crippen molar-refractivity contribution in [3.63, 3.8) is 0 Å². The summed E-state index contributed by atoms with van der Waals surface area (Å²) in [5.74, 6) is -0.246. The van der Waals surface area contributed by atoms with Gasteiger partial charge in [-0.1, -0.05) is 6.42 Å². The van der Waals surface area contributed by atoms with E-state index in [4.69, 9.17) is 5.41 Å². The summed E-state index contributed by atoms with van der Waals surface area (Å²) in [5.41, 5.74) is 1.33. The molecule has 2 nitrogen and oxygen atoms in total. The second-order valence-corrected chi connectivity index (χ2v) is 5.25. The molecule has 0 radical (unpaired) electrons. The molecule has 0 spiro atoms. The number of rotatable bonds is 4. The smallest absolute Gasteiger partial charge is 0.162 e. The lowest BCUT2D eigenvalue weighted by Gasteiger charge is -2.27. The highest BCUT2D eigenvalue weighted by molar-refractivity contribution is 9.10. The third kappa shape index (κ3) is 2.63. The van der Waals surface area contributed by atoms with E-state index in [0.29, 0.717) is 21.4 Å². The van der Waals surface area contributed by atoms with Crippen molar-refractivity contribution in [2.45, 2.75) is 19.3 Å². The Morgan fingerprint density at radius 2 is 2.18 bits per heavy atom. The van der Waals surface area contributed by atoms with Gasteiger partial charge in [0.05, 0.1) is 10.2 Å². The Bertz CT molecular complexity index is 449. The Morgan fingerprint density at radius 1 is 1.47 bits per heavy atom. The summed E-state index contributed by atoms with van der Waals surface area (Å²) in [4.78, 5) is 0. The Morgan fingerprint density at radius 3 is 2.71 bits per heavy atom. The number of benzene rings is 1. The van der Waals surface area contributed by atoms with Crippen LogP contribution in [0.25, 0.3) is 0 Å². The van der Waals surface area contributed by atoms with E-state index >= 15 is 0 Å². The van der Waals surface area contributed by atoms with Gasteiger partial charge in [-0.2, -0.15) is 0 Å². The van der Waals surface area contributed by atoms with E-state index in [1.165, 1.54) is 12.1 Å². The molecule has 17 heavy (non-hydrogen) atoms. The molecule has 1 aliphatic carbocycles. The highest BCUT2D eigenvalue weighted by Crippen LogP contribution is 2.34. The predicted octanol–water partition coefficient (Wildman–Crippen LogP) is 4.70. The monoisotopic (exact) mass is 320 g/mol. The minimum atomic E-state index is -0.466. The van der Waals surface area contributed by atoms with E-state index in [1.807, 2.05) is 0 Å². The van der Waals surface area contributed by atoms with Crippen LogP contribution in [0.1, 0.15) is 24.8 Å². The van der Waals surface area contributed by atoms with Gasteiger partial charge in [0, 0.05) is 17.2 Å². The number of hydrogen-bond acceptors (Lipinski definition) is 3. The molecule has 1 fully saturated rings. The first-order chi connectivity index (χ1) is 8.13. The topological polar surface area (TPSA) is 35.9 Å². The third-order valence-corrected chi connectivity index (χ3v) is 3.92. The van der Waals surface area contributed by atoms with Gasteiger partial charge >= 0.3 is 0 Å². The fourth-order valence-corrected chi connectivity index (χ4v) is 2.41. The van der Waals surface area contributed by atoms with Crippen LogP contribution in [0.2, 0.25) is 0 Å². The second-order valence-electron chi connectivity index (χ2n) is 4.03.